The molecule has 0 saturated carbocycles. The van der Waals surface area contributed by atoms with Crippen LogP contribution in [0.15, 0.2) is 77.8 Å². The first kappa shape index (κ1) is 18.1. The predicted molar refractivity (Wildman–Crippen MR) is 108 cm³/mol. The summed E-state index contributed by atoms with van der Waals surface area (Å²) in [4.78, 5) is 10.5. The van der Waals surface area contributed by atoms with E-state index >= 15 is 0 Å². The van der Waals surface area contributed by atoms with Gasteiger partial charge in [0, 0.05) is 34.2 Å². The Balaban J connectivity index is 1.67. The van der Waals surface area contributed by atoms with E-state index in [0.717, 1.165) is 26.9 Å². The van der Waals surface area contributed by atoms with E-state index in [9.17, 15) is 14.5 Å². The highest BCUT2D eigenvalue weighted by Crippen LogP contribution is 2.33. The highest BCUT2D eigenvalue weighted by atomic mass is 32.2. The van der Waals surface area contributed by atoms with Gasteiger partial charge in [-0.05, 0) is 29.8 Å². The molecule has 28 heavy (non-hydrogen) atoms. The summed E-state index contributed by atoms with van der Waals surface area (Å²) < 4.78 is 13.2. The van der Waals surface area contributed by atoms with E-state index in [2.05, 4.69) is 10.2 Å². The van der Waals surface area contributed by atoms with Crippen molar-refractivity contribution in [3.05, 3.63) is 94.3 Å². The van der Waals surface area contributed by atoms with Gasteiger partial charge in [0.1, 0.15) is 16.5 Å². The van der Waals surface area contributed by atoms with Gasteiger partial charge in [0.15, 0.2) is 0 Å². The zero-order valence-electron chi connectivity index (χ0n) is 14.6. The van der Waals surface area contributed by atoms with Crippen molar-refractivity contribution < 1.29 is 9.31 Å². The Bertz CT molecular complexity index is 1170. The smallest absolute Gasteiger partial charge is 0.258 e. The third-order valence-corrected chi connectivity index (χ3v) is 5.32. The molecule has 0 saturated heterocycles. The molecule has 0 atom stereocenters. The maximum Gasteiger partial charge on any atom is 0.269 e. The lowest BCUT2D eigenvalue weighted by Crippen LogP contribution is -1.94. The fourth-order valence-corrected chi connectivity index (χ4v) is 3.83. The number of nitro groups is 1. The van der Waals surface area contributed by atoms with Crippen LogP contribution in [-0.4, -0.2) is 15.1 Å². The molecule has 0 spiro atoms. The number of aromatic nitrogens is 2. The van der Waals surface area contributed by atoms with Gasteiger partial charge in [-0.1, -0.05) is 48.2 Å². The summed E-state index contributed by atoms with van der Waals surface area (Å²) in [7, 11) is 0. The number of nitro benzene ring substituents is 1. The van der Waals surface area contributed by atoms with Gasteiger partial charge in [0.05, 0.1) is 4.92 Å². The molecule has 0 fully saturated rings. The van der Waals surface area contributed by atoms with Crippen molar-refractivity contribution in [1.82, 2.24) is 10.2 Å². The number of hydrogen-bond donors (Lipinski definition) is 0. The third-order valence-electron chi connectivity index (χ3n) is 4.27. The largest absolute Gasteiger partial charge is 0.269 e. The number of hydrogen-bond acceptors (Lipinski definition) is 5. The van der Waals surface area contributed by atoms with Crippen molar-refractivity contribution in [2.24, 2.45) is 0 Å². The van der Waals surface area contributed by atoms with Crippen LogP contribution in [0, 0.1) is 15.9 Å². The molecule has 1 aromatic heterocycles. The molecule has 0 amide bonds. The normalized spacial score (nSPS) is 10.9. The van der Waals surface area contributed by atoms with Gasteiger partial charge >= 0.3 is 0 Å². The minimum Gasteiger partial charge on any atom is -0.258 e. The Morgan fingerprint density at radius 3 is 2.43 bits per heavy atom. The first-order valence-corrected chi connectivity index (χ1v) is 9.48. The van der Waals surface area contributed by atoms with Gasteiger partial charge in [-0.3, -0.25) is 10.1 Å². The maximum atomic E-state index is 13.2. The van der Waals surface area contributed by atoms with E-state index in [1.165, 1.54) is 30.0 Å². The van der Waals surface area contributed by atoms with Gasteiger partial charge in [-0.25, -0.2) is 4.39 Å². The fraction of sp³-hybridized carbons (Fsp3) is 0.0476. The van der Waals surface area contributed by atoms with Gasteiger partial charge < -0.3 is 0 Å². The Hall–Kier alpha value is -3.32. The number of non-ortho nitro benzene ring substituents is 1. The summed E-state index contributed by atoms with van der Waals surface area (Å²) >= 11 is 1.47. The molecular formula is C21H14FN3O2S. The molecule has 7 heteroatoms. The molecule has 138 valence electrons. The van der Waals surface area contributed by atoms with Crippen LogP contribution in [0.5, 0.6) is 0 Å². The topological polar surface area (TPSA) is 68.9 Å². The van der Waals surface area contributed by atoms with Crippen molar-refractivity contribution in [1.29, 1.82) is 0 Å². The monoisotopic (exact) mass is 391 g/mol. The van der Waals surface area contributed by atoms with Gasteiger partial charge in [-0.15, -0.1) is 10.2 Å². The molecule has 0 aliphatic carbocycles. The molecule has 0 unspecified atom stereocenters. The summed E-state index contributed by atoms with van der Waals surface area (Å²) in [6.07, 6.45) is 0. The second-order valence-electron chi connectivity index (χ2n) is 6.12. The van der Waals surface area contributed by atoms with Gasteiger partial charge in [0.2, 0.25) is 0 Å². The summed E-state index contributed by atoms with van der Waals surface area (Å²) in [6.45, 7) is 0. The Morgan fingerprint density at radius 1 is 0.929 bits per heavy atom. The fourth-order valence-electron chi connectivity index (χ4n) is 2.92. The molecule has 0 bridgehead atoms. The number of halogens is 1. The molecular weight excluding hydrogens is 377 g/mol. The third kappa shape index (κ3) is 3.70. The summed E-state index contributed by atoms with van der Waals surface area (Å²) in [5.74, 6) is 0.237. The molecule has 3 aromatic carbocycles. The Kier molecular flexibility index (Phi) is 4.99. The van der Waals surface area contributed by atoms with E-state index < -0.39 is 4.92 Å². The highest BCUT2D eigenvalue weighted by molar-refractivity contribution is 7.98. The second kappa shape index (κ2) is 7.74. The molecule has 0 N–H and O–H groups in total. The van der Waals surface area contributed by atoms with Crippen LogP contribution in [0.3, 0.4) is 0 Å². The molecule has 5 nitrogen and oxygen atoms in total. The van der Waals surface area contributed by atoms with Crippen LogP contribution in [0.4, 0.5) is 10.1 Å². The lowest BCUT2D eigenvalue weighted by Gasteiger charge is -2.09. The van der Waals surface area contributed by atoms with Crippen LogP contribution < -0.4 is 0 Å². The van der Waals surface area contributed by atoms with Crippen LogP contribution in [0.2, 0.25) is 0 Å². The van der Waals surface area contributed by atoms with E-state index in [1.54, 1.807) is 24.3 Å². The molecule has 0 aliphatic heterocycles. The molecule has 4 aromatic rings. The summed E-state index contributed by atoms with van der Waals surface area (Å²) in [6, 6.07) is 20.5. The average Bonchev–Trinajstić information content (AvgIpc) is 2.73. The lowest BCUT2D eigenvalue weighted by molar-refractivity contribution is -0.384. The summed E-state index contributed by atoms with van der Waals surface area (Å²) in [5.41, 5.74) is 2.39. The number of rotatable bonds is 5. The van der Waals surface area contributed by atoms with Crippen LogP contribution in [0.25, 0.3) is 22.0 Å². The molecule has 4 rings (SSSR count). The maximum absolute atomic E-state index is 13.2. The zero-order chi connectivity index (χ0) is 19.5. The minimum absolute atomic E-state index is 0.0701. The summed E-state index contributed by atoms with van der Waals surface area (Å²) in [5, 5.41) is 22.3. The van der Waals surface area contributed by atoms with Crippen molar-refractivity contribution >= 4 is 28.2 Å². The average molecular weight is 391 g/mol. The van der Waals surface area contributed by atoms with Crippen molar-refractivity contribution in [3.8, 4) is 11.3 Å². The van der Waals surface area contributed by atoms with Gasteiger partial charge in [-0.2, -0.15) is 0 Å². The highest BCUT2D eigenvalue weighted by Gasteiger charge is 2.12. The minimum atomic E-state index is -0.402. The van der Waals surface area contributed by atoms with E-state index in [-0.39, 0.29) is 11.5 Å². The van der Waals surface area contributed by atoms with Crippen molar-refractivity contribution in [2.75, 3.05) is 0 Å². The molecule has 0 aliphatic rings. The van der Waals surface area contributed by atoms with Crippen LogP contribution in [0.1, 0.15) is 5.56 Å². The lowest BCUT2D eigenvalue weighted by atomic mass is 10.1. The zero-order valence-corrected chi connectivity index (χ0v) is 15.4. The Labute approximate surface area is 164 Å². The number of nitrogens with zero attached hydrogens (tertiary/aromatic N) is 3. The van der Waals surface area contributed by atoms with E-state index in [1.807, 2.05) is 30.3 Å². The quantitative estimate of drug-likeness (QED) is 0.250. The van der Waals surface area contributed by atoms with Crippen LogP contribution in [-0.2, 0) is 5.75 Å². The van der Waals surface area contributed by atoms with Crippen molar-refractivity contribution in [3.63, 3.8) is 0 Å². The number of thioether (sulfide) groups is 1. The van der Waals surface area contributed by atoms with E-state index in [0.29, 0.717) is 11.4 Å². The predicted octanol–water partition coefficient (Wildman–Crippen LogP) is 5.64. The first-order valence-electron chi connectivity index (χ1n) is 8.49. The molecule has 0 radical (unpaired) electrons. The number of benzene rings is 3. The van der Waals surface area contributed by atoms with Crippen molar-refractivity contribution in [2.45, 2.75) is 10.8 Å². The number of fused-ring (bicyclic) bond motifs is 1. The van der Waals surface area contributed by atoms with Gasteiger partial charge in [0.25, 0.3) is 5.69 Å². The molecule has 1 heterocycles. The standard InChI is InChI=1S/C21H14FN3O2S/c22-16-10-8-15(9-11-16)20-18-6-1-2-7-19(18)21(24-23-20)28-13-14-4-3-5-17(12-14)25(26)27/h1-12H,13H2. The van der Waals surface area contributed by atoms with Crippen LogP contribution >= 0.6 is 11.8 Å². The first-order chi connectivity index (χ1) is 13.6. The second-order valence-corrected chi connectivity index (χ2v) is 7.09. The SMILES string of the molecule is O=[N+]([O-])c1cccc(CSc2nnc(-c3ccc(F)cc3)c3ccccc23)c1. The van der Waals surface area contributed by atoms with E-state index in [4.69, 9.17) is 0 Å². The Morgan fingerprint density at radius 2 is 1.68 bits per heavy atom.